The van der Waals surface area contributed by atoms with E-state index in [-0.39, 0.29) is 5.41 Å². The SMILES string of the molecule is C=CCC(C#N)(C#N)C(OCC)C(C)(C)C. The highest BCUT2D eigenvalue weighted by atomic mass is 16.5. The molecule has 16 heavy (non-hydrogen) atoms. The van der Waals surface area contributed by atoms with Crippen LogP contribution in [0.1, 0.15) is 34.1 Å². The molecule has 88 valence electrons. The van der Waals surface area contributed by atoms with Gasteiger partial charge in [-0.1, -0.05) is 26.8 Å². The number of allylic oxidation sites excluding steroid dienone is 1. The maximum atomic E-state index is 9.27. The van der Waals surface area contributed by atoms with Gasteiger partial charge in [-0.05, 0) is 18.8 Å². The molecule has 1 atom stereocenters. The molecule has 0 amide bonds. The van der Waals surface area contributed by atoms with Crippen LogP contribution in [0.5, 0.6) is 0 Å². The van der Waals surface area contributed by atoms with E-state index >= 15 is 0 Å². The fourth-order valence-corrected chi connectivity index (χ4v) is 1.87. The van der Waals surface area contributed by atoms with E-state index in [1.807, 2.05) is 27.7 Å². The van der Waals surface area contributed by atoms with Gasteiger partial charge in [-0.15, -0.1) is 6.58 Å². The standard InChI is InChI=1S/C13H20N2O/c1-6-8-13(9-14,10-15)11(16-7-2)12(3,4)5/h6,11H,1,7-8H2,2-5H3. The largest absolute Gasteiger partial charge is 0.375 e. The molecule has 0 aliphatic rings. The van der Waals surface area contributed by atoms with Gasteiger partial charge in [-0.2, -0.15) is 10.5 Å². The van der Waals surface area contributed by atoms with E-state index in [0.29, 0.717) is 13.0 Å². The average molecular weight is 220 g/mol. The van der Waals surface area contributed by atoms with Crippen LogP contribution in [0.3, 0.4) is 0 Å². The molecule has 0 aromatic carbocycles. The van der Waals surface area contributed by atoms with E-state index in [1.54, 1.807) is 6.08 Å². The van der Waals surface area contributed by atoms with E-state index in [4.69, 9.17) is 4.74 Å². The summed E-state index contributed by atoms with van der Waals surface area (Å²) in [5.41, 5.74) is -1.40. The molecule has 0 saturated carbocycles. The van der Waals surface area contributed by atoms with Gasteiger partial charge in [0.25, 0.3) is 0 Å². The van der Waals surface area contributed by atoms with Crippen LogP contribution in [0.2, 0.25) is 0 Å². The molecule has 0 aromatic rings. The van der Waals surface area contributed by atoms with Crippen LogP contribution in [0, 0.1) is 33.5 Å². The number of hydrogen-bond acceptors (Lipinski definition) is 3. The zero-order chi connectivity index (χ0) is 12.8. The smallest absolute Gasteiger partial charge is 0.173 e. The van der Waals surface area contributed by atoms with Gasteiger partial charge in [0.2, 0.25) is 0 Å². The topological polar surface area (TPSA) is 56.8 Å². The van der Waals surface area contributed by atoms with Crippen molar-refractivity contribution in [3.05, 3.63) is 12.7 Å². The summed E-state index contributed by atoms with van der Waals surface area (Å²) >= 11 is 0. The van der Waals surface area contributed by atoms with Gasteiger partial charge in [-0.25, -0.2) is 0 Å². The molecule has 0 spiro atoms. The van der Waals surface area contributed by atoms with Crippen LogP contribution < -0.4 is 0 Å². The van der Waals surface area contributed by atoms with Gasteiger partial charge in [-0.3, -0.25) is 0 Å². The Morgan fingerprint density at radius 2 is 1.81 bits per heavy atom. The summed E-state index contributed by atoms with van der Waals surface area (Å²) in [5.74, 6) is 0. The maximum Gasteiger partial charge on any atom is 0.173 e. The molecule has 0 rings (SSSR count). The van der Waals surface area contributed by atoms with Gasteiger partial charge in [0, 0.05) is 6.61 Å². The minimum absolute atomic E-state index is 0.259. The molecule has 0 radical (unpaired) electrons. The Kier molecular flexibility index (Phi) is 5.21. The third kappa shape index (κ3) is 3.08. The van der Waals surface area contributed by atoms with Gasteiger partial charge in [0.15, 0.2) is 5.41 Å². The van der Waals surface area contributed by atoms with Crippen LogP contribution in [-0.4, -0.2) is 12.7 Å². The molecule has 0 heterocycles. The molecule has 0 aliphatic heterocycles. The lowest BCUT2D eigenvalue weighted by Gasteiger charge is -2.37. The van der Waals surface area contributed by atoms with E-state index in [1.165, 1.54) is 0 Å². The van der Waals surface area contributed by atoms with Crippen LogP contribution in [0.4, 0.5) is 0 Å². The molecule has 0 N–H and O–H groups in total. The van der Waals surface area contributed by atoms with Crippen LogP contribution in [0.25, 0.3) is 0 Å². The first-order valence-electron chi connectivity index (χ1n) is 5.43. The van der Waals surface area contributed by atoms with Crippen LogP contribution in [-0.2, 0) is 4.74 Å². The molecule has 3 nitrogen and oxygen atoms in total. The van der Waals surface area contributed by atoms with Gasteiger partial charge in [0.05, 0.1) is 18.2 Å². The van der Waals surface area contributed by atoms with E-state index in [0.717, 1.165) is 0 Å². The van der Waals surface area contributed by atoms with Crippen molar-refractivity contribution in [2.75, 3.05) is 6.61 Å². The molecular formula is C13H20N2O. The van der Waals surface area contributed by atoms with Gasteiger partial charge < -0.3 is 4.74 Å². The quantitative estimate of drug-likeness (QED) is 0.669. The number of hydrogen-bond donors (Lipinski definition) is 0. The Morgan fingerprint density at radius 1 is 1.31 bits per heavy atom. The summed E-state index contributed by atoms with van der Waals surface area (Å²) < 4.78 is 5.61. The highest BCUT2D eigenvalue weighted by Gasteiger charge is 2.45. The van der Waals surface area contributed by atoms with Crippen molar-refractivity contribution in [3.8, 4) is 12.1 Å². The first-order valence-corrected chi connectivity index (χ1v) is 5.43. The van der Waals surface area contributed by atoms with E-state index < -0.39 is 11.5 Å². The van der Waals surface area contributed by atoms with Crippen molar-refractivity contribution in [3.63, 3.8) is 0 Å². The van der Waals surface area contributed by atoms with Crippen molar-refractivity contribution >= 4 is 0 Å². The van der Waals surface area contributed by atoms with Crippen molar-refractivity contribution < 1.29 is 4.74 Å². The Bertz CT molecular complexity index is 300. The first kappa shape index (κ1) is 14.7. The summed E-state index contributed by atoms with van der Waals surface area (Å²) in [4.78, 5) is 0. The minimum Gasteiger partial charge on any atom is -0.375 e. The number of nitriles is 2. The second-order valence-electron chi connectivity index (χ2n) is 4.89. The minimum atomic E-state index is -1.14. The van der Waals surface area contributed by atoms with Crippen molar-refractivity contribution in [2.24, 2.45) is 10.8 Å². The fraction of sp³-hybridized carbons (Fsp3) is 0.692. The molecule has 0 saturated heterocycles. The predicted molar refractivity (Wildman–Crippen MR) is 63.3 cm³/mol. The molecule has 3 heteroatoms. The molecule has 0 aromatic heterocycles. The summed E-state index contributed by atoms with van der Waals surface area (Å²) in [7, 11) is 0. The fourth-order valence-electron chi connectivity index (χ4n) is 1.87. The van der Waals surface area contributed by atoms with E-state index in [2.05, 4.69) is 18.7 Å². The molecular weight excluding hydrogens is 200 g/mol. The summed E-state index contributed by atoms with van der Waals surface area (Å²) in [6, 6.07) is 4.20. The summed E-state index contributed by atoms with van der Waals surface area (Å²) in [6.45, 7) is 11.9. The van der Waals surface area contributed by atoms with Gasteiger partial charge in [0.1, 0.15) is 0 Å². The third-order valence-electron chi connectivity index (χ3n) is 2.43. The van der Waals surface area contributed by atoms with Crippen molar-refractivity contribution in [1.82, 2.24) is 0 Å². The first-order chi connectivity index (χ1) is 7.37. The lowest BCUT2D eigenvalue weighted by atomic mass is 9.70. The molecule has 0 fully saturated rings. The second-order valence-corrected chi connectivity index (χ2v) is 4.89. The Labute approximate surface area is 98.3 Å². The lowest BCUT2D eigenvalue weighted by molar-refractivity contribution is -0.0564. The molecule has 0 bridgehead atoms. The Balaban J connectivity index is 5.37. The zero-order valence-electron chi connectivity index (χ0n) is 10.6. The van der Waals surface area contributed by atoms with Crippen LogP contribution >= 0.6 is 0 Å². The number of nitrogens with zero attached hydrogens (tertiary/aromatic N) is 2. The highest BCUT2D eigenvalue weighted by Crippen LogP contribution is 2.38. The highest BCUT2D eigenvalue weighted by molar-refractivity contribution is 5.21. The average Bonchev–Trinajstić information content (AvgIpc) is 2.22. The number of ether oxygens (including phenoxy) is 1. The summed E-state index contributed by atoms with van der Waals surface area (Å²) in [6.07, 6.45) is 1.50. The normalized spacial score (nSPS) is 13.6. The Morgan fingerprint density at radius 3 is 2.06 bits per heavy atom. The van der Waals surface area contributed by atoms with Crippen molar-refractivity contribution in [2.45, 2.75) is 40.2 Å². The van der Waals surface area contributed by atoms with Crippen molar-refractivity contribution in [1.29, 1.82) is 10.5 Å². The third-order valence-corrected chi connectivity index (χ3v) is 2.43. The Hall–Kier alpha value is -1.32. The second kappa shape index (κ2) is 5.68. The summed E-state index contributed by atoms with van der Waals surface area (Å²) in [5, 5.41) is 18.5. The van der Waals surface area contributed by atoms with E-state index in [9.17, 15) is 10.5 Å². The lowest BCUT2D eigenvalue weighted by Crippen LogP contribution is -2.44. The van der Waals surface area contributed by atoms with Gasteiger partial charge >= 0.3 is 0 Å². The maximum absolute atomic E-state index is 9.27. The zero-order valence-corrected chi connectivity index (χ0v) is 10.6. The predicted octanol–water partition coefficient (Wildman–Crippen LogP) is 3.05. The van der Waals surface area contributed by atoms with Crippen LogP contribution in [0.15, 0.2) is 12.7 Å². The molecule has 1 unspecified atom stereocenters. The molecule has 0 aliphatic carbocycles. The number of rotatable bonds is 5. The monoisotopic (exact) mass is 220 g/mol.